The normalized spacial score (nSPS) is 23.6. The second-order valence-electron chi connectivity index (χ2n) is 14.4. The summed E-state index contributed by atoms with van der Waals surface area (Å²) < 4.78 is 12.4. The number of carbonyl (C=O) groups is 2. The summed E-state index contributed by atoms with van der Waals surface area (Å²) in [4.78, 5) is 33.7. The van der Waals surface area contributed by atoms with Crippen LogP contribution in [0.15, 0.2) is 12.1 Å². The lowest BCUT2D eigenvalue weighted by Crippen LogP contribution is -2.61. The van der Waals surface area contributed by atoms with Crippen LogP contribution in [0.25, 0.3) is 0 Å². The van der Waals surface area contributed by atoms with Crippen LogP contribution in [0.1, 0.15) is 125 Å². The molecule has 1 unspecified atom stereocenters. The van der Waals surface area contributed by atoms with Gasteiger partial charge in [-0.05, 0) is 81.5 Å². The van der Waals surface area contributed by atoms with Crippen LogP contribution in [0.4, 0.5) is 4.79 Å². The first-order valence-corrected chi connectivity index (χ1v) is 18.1. The minimum atomic E-state index is -0.302. The van der Waals surface area contributed by atoms with Gasteiger partial charge in [0.2, 0.25) is 0 Å². The molecule has 0 radical (unpaired) electrons. The summed E-state index contributed by atoms with van der Waals surface area (Å²) in [5.74, 6) is 2.10. The van der Waals surface area contributed by atoms with Gasteiger partial charge in [-0.3, -0.25) is 9.69 Å². The van der Waals surface area contributed by atoms with E-state index >= 15 is 0 Å². The summed E-state index contributed by atoms with van der Waals surface area (Å²) in [5.41, 5.74) is 2.54. The fourth-order valence-corrected chi connectivity index (χ4v) is 8.51. The molecule has 1 atom stereocenters. The van der Waals surface area contributed by atoms with Crippen molar-refractivity contribution in [3.63, 3.8) is 0 Å². The van der Waals surface area contributed by atoms with Gasteiger partial charge in [0.05, 0.1) is 6.61 Å². The minimum absolute atomic E-state index is 0.0604. The number of benzene rings is 1. The number of hydrogen-bond donors (Lipinski definition) is 0. The number of nitrogens with zero attached hydrogens (tertiary/aromatic N) is 3. The van der Waals surface area contributed by atoms with Crippen molar-refractivity contribution in [1.29, 1.82) is 0 Å². The molecule has 7 nitrogen and oxygen atoms in total. The molecular formula is C37H59N3O4. The van der Waals surface area contributed by atoms with E-state index in [9.17, 15) is 9.59 Å². The molecule has 1 spiro atoms. The van der Waals surface area contributed by atoms with Gasteiger partial charge in [-0.2, -0.15) is 0 Å². The van der Waals surface area contributed by atoms with Crippen molar-refractivity contribution in [2.24, 2.45) is 11.8 Å². The summed E-state index contributed by atoms with van der Waals surface area (Å²) in [6.45, 7) is 14.5. The molecule has 1 saturated carbocycles. The van der Waals surface area contributed by atoms with E-state index < -0.39 is 0 Å². The molecule has 44 heavy (non-hydrogen) atoms. The molecule has 2 amide bonds. The molecule has 1 aliphatic carbocycles. The fraction of sp³-hybridized carbons (Fsp3) is 0.784. The number of hydrogen-bond acceptors (Lipinski definition) is 5. The third kappa shape index (κ3) is 7.74. The van der Waals surface area contributed by atoms with Crippen molar-refractivity contribution in [3.8, 4) is 5.75 Å². The van der Waals surface area contributed by atoms with Gasteiger partial charge in [-0.1, -0.05) is 52.4 Å². The predicted octanol–water partition coefficient (Wildman–Crippen LogP) is 7.76. The Morgan fingerprint density at radius 1 is 0.932 bits per heavy atom. The molecule has 1 aromatic rings. The van der Waals surface area contributed by atoms with E-state index in [4.69, 9.17) is 9.47 Å². The third-order valence-electron chi connectivity index (χ3n) is 11.2. The summed E-state index contributed by atoms with van der Waals surface area (Å²) in [7, 11) is 0. The lowest BCUT2D eigenvalue weighted by molar-refractivity contribution is -0.127. The van der Waals surface area contributed by atoms with Crippen molar-refractivity contribution in [2.75, 3.05) is 45.9 Å². The lowest BCUT2D eigenvalue weighted by Gasteiger charge is -2.52. The summed E-state index contributed by atoms with van der Waals surface area (Å²) in [6.07, 6.45) is 16.0. The largest absolute Gasteiger partial charge is 0.494 e. The molecule has 0 N–H and O–H groups in total. The second-order valence-corrected chi connectivity index (χ2v) is 14.4. The first kappa shape index (κ1) is 33.1. The van der Waals surface area contributed by atoms with E-state index in [1.807, 2.05) is 26.0 Å². The van der Waals surface area contributed by atoms with Gasteiger partial charge in [0.1, 0.15) is 11.4 Å². The summed E-state index contributed by atoms with van der Waals surface area (Å²) >= 11 is 0. The number of ether oxygens (including phenoxy) is 2. The van der Waals surface area contributed by atoms with Crippen LogP contribution in [0.3, 0.4) is 0 Å². The second kappa shape index (κ2) is 15.3. The molecule has 0 aromatic heterocycles. The van der Waals surface area contributed by atoms with Gasteiger partial charge < -0.3 is 19.3 Å². The first-order chi connectivity index (χ1) is 21.3. The maximum absolute atomic E-state index is 13.6. The van der Waals surface area contributed by atoms with Crippen LogP contribution in [-0.4, -0.2) is 84.2 Å². The fourth-order valence-electron chi connectivity index (χ4n) is 8.51. The maximum atomic E-state index is 13.6. The van der Waals surface area contributed by atoms with E-state index in [2.05, 4.69) is 28.5 Å². The quantitative estimate of drug-likeness (QED) is 0.240. The molecule has 7 heteroatoms. The van der Waals surface area contributed by atoms with Crippen LogP contribution >= 0.6 is 0 Å². The smallest absolute Gasteiger partial charge is 0.410 e. The number of unbranched alkanes of at least 4 members (excludes halogenated alkanes) is 2. The number of piperidine rings is 2. The molecule has 5 rings (SSSR count). The SMILES string of the molecule is CCCCOc1cc(C)c(C(=O)N2CCC(N3CCC4(CC3)OC(=O)N(CC3CCCCC3)CC4CCCC)CC2)c(C)c1. The minimum Gasteiger partial charge on any atom is -0.494 e. The molecular weight excluding hydrogens is 550 g/mol. The van der Waals surface area contributed by atoms with Gasteiger partial charge >= 0.3 is 6.09 Å². The van der Waals surface area contributed by atoms with Crippen LogP contribution in [-0.2, 0) is 4.74 Å². The average Bonchev–Trinajstić information content (AvgIpc) is 3.02. The van der Waals surface area contributed by atoms with Crippen molar-refractivity contribution >= 4 is 12.0 Å². The molecule has 4 fully saturated rings. The van der Waals surface area contributed by atoms with Gasteiger partial charge in [0.15, 0.2) is 0 Å². The highest BCUT2D eigenvalue weighted by Crippen LogP contribution is 2.42. The van der Waals surface area contributed by atoms with E-state index in [-0.39, 0.29) is 17.6 Å². The molecule has 3 heterocycles. The van der Waals surface area contributed by atoms with E-state index in [0.717, 1.165) is 107 Å². The average molecular weight is 610 g/mol. The molecule has 246 valence electrons. The Morgan fingerprint density at radius 3 is 2.23 bits per heavy atom. The van der Waals surface area contributed by atoms with Crippen molar-refractivity contribution in [3.05, 3.63) is 28.8 Å². The number of aryl methyl sites for hydroxylation is 2. The molecule has 3 aliphatic heterocycles. The van der Waals surface area contributed by atoms with Crippen LogP contribution < -0.4 is 4.74 Å². The molecule has 0 bridgehead atoms. The zero-order valence-corrected chi connectivity index (χ0v) is 28.2. The highest BCUT2D eigenvalue weighted by atomic mass is 16.6. The Morgan fingerprint density at radius 2 is 1.59 bits per heavy atom. The Kier molecular flexibility index (Phi) is 11.5. The third-order valence-corrected chi connectivity index (χ3v) is 11.2. The molecule has 4 aliphatic rings. The molecule has 3 saturated heterocycles. The number of carbonyl (C=O) groups excluding carboxylic acids is 2. The number of likely N-dealkylation sites (tertiary alicyclic amines) is 2. The highest BCUT2D eigenvalue weighted by Gasteiger charge is 2.50. The zero-order chi connectivity index (χ0) is 31.1. The summed E-state index contributed by atoms with van der Waals surface area (Å²) in [6, 6.07) is 4.53. The van der Waals surface area contributed by atoms with Gasteiger partial charge in [-0.25, -0.2) is 4.79 Å². The summed E-state index contributed by atoms with van der Waals surface area (Å²) in [5, 5.41) is 0. The highest BCUT2D eigenvalue weighted by molar-refractivity contribution is 5.97. The van der Waals surface area contributed by atoms with Gasteiger partial charge in [0.25, 0.3) is 5.91 Å². The van der Waals surface area contributed by atoms with Crippen LogP contribution in [0.5, 0.6) is 5.75 Å². The predicted molar refractivity (Wildman–Crippen MR) is 176 cm³/mol. The lowest BCUT2D eigenvalue weighted by atomic mass is 9.75. The van der Waals surface area contributed by atoms with E-state index in [0.29, 0.717) is 24.5 Å². The van der Waals surface area contributed by atoms with Crippen LogP contribution in [0.2, 0.25) is 0 Å². The Balaban J connectivity index is 1.14. The maximum Gasteiger partial charge on any atom is 0.410 e. The van der Waals surface area contributed by atoms with Crippen molar-refractivity contribution in [2.45, 2.75) is 129 Å². The standard InChI is InChI=1S/C37H59N3O4/c1-5-7-14-31-27-40(26-30-12-10-9-11-13-30)36(42)44-37(31)17-21-38(22-18-37)32-15-19-39(20-16-32)35(41)34-28(3)24-33(25-29(34)4)43-23-8-6-2/h24-25,30-32H,5-23,26-27H2,1-4H3. The van der Waals surface area contributed by atoms with Crippen molar-refractivity contribution in [1.82, 2.24) is 14.7 Å². The molecule has 1 aromatic carbocycles. The Labute approximate surface area is 267 Å². The Bertz CT molecular complexity index is 1080. The van der Waals surface area contributed by atoms with Gasteiger partial charge in [-0.15, -0.1) is 0 Å². The number of amides is 2. The van der Waals surface area contributed by atoms with Crippen molar-refractivity contribution < 1.29 is 19.1 Å². The van der Waals surface area contributed by atoms with E-state index in [1.165, 1.54) is 44.9 Å². The van der Waals surface area contributed by atoms with Gasteiger partial charge in [0, 0.05) is 69.6 Å². The Hall–Kier alpha value is -2.28. The monoisotopic (exact) mass is 609 g/mol. The first-order valence-electron chi connectivity index (χ1n) is 18.1. The van der Waals surface area contributed by atoms with Crippen LogP contribution in [0, 0.1) is 25.7 Å². The van der Waals surface area contributed by atoms with E-state index in [1.54, 1.807) is 0 Å². The topological polar surface area (TPSA) is 62.3 Å². The zero-order valence-electron chi connectivity index (χ0n) is 28.2. The number of rotatable bonds is 11.